The number of anilines is 1. The lowest BCUT2D eigenvalue weighted by atomic mass is 10.0. The third-order valence-electron chi connectivity index (χ3n) is 5.30. The Balaban J connectivity index is 1.61. The van der Waals surface area contributed by atoms with Gasteiger partial charge in [0.1, 0.15) is 6.04 Å². The molecule has 1 fully saturated rings. The first-order valence-electron chi connectivity index (χ1n) is 10.2. The molecule has 8 nitrogen and oxygen atoms in total. The Morgan fingerprint density at radius 2 is 2.03 bits per heavy atom. The summed E-state index contributed by atoms with van der Waals surface area (Å²) in [6, 6.07) is 16.5. The third kappa shape index (κ3) is 5.52. The fourth-order valence-electron chi connectivity index (χ4n) is 3.56. The van der Waals surface area contributed by atoms with Gasteiger partial charge in [-0.1, -0.05) is 30.8 Å². The number of para-hydroxylation sites is 1. The Labute approximate surface area is 187 Å². The van der Waals surface area contributed by atoms with Crippen molar-refractivity contribution in [1.82, 2.24) is 14.8 Å². The van der Waals surface area contributed by atoms with E-state index in [1.807, 2.05) is 30.3 Å². The Bertz CT molecular complexity index is 1050. The molecule has 1 aromatic carbocycles. The van der Waals surface area contributed by atoms with Crippen LogP contribution in [0.4, 0.5) is 5.69 Å². The summed E-state index contributed by atoms with van der Waals surface area (Å²) < 4.78 is 0. The van der Waals surface area contributed by atoms with Crippen molar-refractivity contribution < 1.29 is 9.59 Å². The number of pyridine rings is 1. The Hall–Kier alpha value is -4.12. The normalized spacial score (nSPS) is 18.0. The molecule has 2 atom stereocenters. The number of nitrogens with one attached hydrogen (secondary N) is 1. The Morgan fingerprint density at radius 3 is 2.69 bits per heavy atom. The number of nitrogens with zero attached hydrogens (tertiary/aromatic N) is 4. The summed E-state index contributed by atoms with van der Waals surface area (Å²) in [6.45, 7) is 4.27. The molecule has 1 saturated heterocycles. The molecular weight excluding hydrogens is 404 g/mol. The lowest BCUT2D eigenvalue weighted by Gasteiger charge is -2.24. The van der Waals surface area contributed by atoms with Crippen LogP contribution in [0.25, 0.3) is 6.08 Å². The molecule has 3 rings (SSSR count). The number of carbonyl (C=O) groups is 2. The molecule has 1 aliphatic heterocycles. The molecule has 164 valence electrons. The second-order valence-electron chi connectivity index (χ2n) is 7.66. The number of nitriles is 1. The summed E-state index contributed by atoms with van der Waals surface area (Å²) in [5, 5.41) is 12.8. The average Bonchev–Trinajstić information content (AvgIpc) is 3.25. The number of likely N-dealkylation sites (tertiary alicyclic amines) is 1. The first-order valence-corrected chi connectivity index (χ1v) is 10.2. The highest BCUT2D eigenvalue weighted by Gasteiger charge is 2.37. The summed E-state index contributed by atoms with van der Waals surface area (Å²) >= 11 is 0. The number of carbonyl (C=O) groups excluding carboxylic acids is 2. The average molecular weight is 431 g/mol. The van der Waals surface area contributed by atoms with Crippen molar-refractivity contribution in [3.8, 4) is 6.07 Å². The lowest BCUT2D eigenvalue weighted by Crippen LogP contribution is -2.44. The second-order valence-corrected chi connectivity index (χ2v) is 7.66. The Kier molecular flexibility index (Phi) is 7.24. The molecule has 1 aromatic heterocycles. The van der Waals surface area contributed by atoms with Crippen molar-refractivity contribution >= 4 is 23.6 Å². The van der Waals surface area contributed by atoms with Crippen molar-refractivity contribution in [3.05, 3.63) is 78.4 Å². The predicted octanol–water partition coefficient (Wildman–Crippen LogP) is 2.21. The topological polar surface area (TPSA) is 115 Å². The minimum atomic E-state index is -0.577. The minimum absolute atomic E-state index is 0.0180. The molecule has 2 heterocycles. The number of hydrogen-bond donors (Lipinski definition) is 2. The van der Waals surface area contributed by atoms with Crippen LogP contribution in [-0.4, -0.2) is 52.8 Å². The van der Waals surface area contributed by atoms with Crippen LogP contribution in [0.3, 0.4) is 0 Å². The van der Waals surface area contributed by atoms with Gasteiger partial charge in [-0.3, -0.25) is 14.6 Å². The molecule has 0 bridgehead atoms. The van der Waals surface area contributed by atoms with E-state index in [2.05, 4.69) is 22.9 Å². The first kappa shape index (κ1) is 22.6. The highest BCUT2D eigenvalue weighted by molar-refractivity contribution is 5.98. The van der Waals surface area contributed by atoms with Crippen LogP contribution in [0.15, 0.2) is 72.7 Å². The van der Waals surface area contributed by atoms with E-state index in [1.165, 1.54) is 22.9 Å². The SMILES string of the molecule is C=C(Nc1ccccc1)C1CC(C#N)N(C(=O)CN(C)C(=O)C(N)=Cc2ccccn2)C1. The van der Waals surface area contributed by atoms with E-state index >= 15 is 0 Å². The summed E-state index contributed by atoms with van der Waals surface area (Å²) in [5.41, 5.74) is 8.08. The number of nitrogens with two attached hydrogens (primary N) is 1. The summed E-state index contributed by atoms with van der Waals surface area (Å²) in [7, 11) is 1.50. The van der Waals surface area contributed by atoms with Gasteiger partial charge in [0, 0.05) is 37.1 Å². The number of likely N-dealkylation sites (N-methyl/N-ethyl adjacent to an activating group) is 1. The zero-order valence-corrected chi connectivity index (χ0v) is 17.9. The van der Waals surface area contributed by atoms with Gasteiger partial charge in [0.25, 0.3) is 5.91 Å². The van der Waals surface area contributed by atoms with E-state index in [0.29, 0.717) is 18.7 Å². The lowest BCUT2D eigenvalue weighted by molar-refractivity contribution is -0.137. The number of amides is 2. The van der Waals surface area contributed by atoms with E-state index in [0.717, 1.165) is 11.4 Å². The van der Waals surface area contributed by atoms with Gasteiger partial charge in [-0.2, -0.15) is 5.26 Å². The maximum absolute atomic E-state index is 12.9. The number of aromatic nitrogens is 1. The van der Waals surface area contributed by atoms with Crippen molar-refractivity contribution in [1.29, 1.82) is 5.26 Å². The van der Waals surface area contributed by atoms with Crippen molar-refractivity contribution in [3.63, 3.8) is 0 Å². The maximum atomic E-state index is 12.9. The molecule has 0 radical (unpaired) electrons. The maximum Gasteiger partial charge on any atom is 0.270 e. The van der Waals surface area contributed by atoms with Crippen molar-refractivity contribution in [2.24, 2.45) is 11.7 Å². The third-order valence-corrected chi connectivity index (χ3v) is 5.30. The molecule has 0 saturated carbocycles. The molecule has 2 unspecified atom stereocenters. The predicted molar refractivity (Wildman–Crippen MR) is 122 cm³/mol. The van der Waals surface area contributed by atoms with Crippen molar-refractivity contribution in [2.45, 2.75) is 12.5 Å². The zero-order chi connectivity index (χ0) is 23.1. The van der Waals surface area contributed by atoms with Crippen molar-refractivity contribution in [2.75, 3.05) is 25.5 Å². The molecule has 0 aliphatic carbocycles. The van der Waals surface area contributed by atoms with E-state index in [9.17, 15) is 14.9 Å². The van der Waals surface area contributed by atoms with Crippen LogP contribution >= 0.6 is 0 Å². The van der Waals surface area contributed by atoms with Gasteiger partial charge >= 0.3 is 0 Å². The van der Waals surface area contributed by atoms with Gasteiger partial charge < -0.3 is 20.9 Å². The van der Waals surface area contributed by atoms with Crippen LogP contribution in [0, 0.1) is 17.2 Å². The van der Waals surface area contributed by atoms with E-state index in [4.69, 9.17) is 5.73 Å². The van der Waals surface area contributed by atoms with Gasteiger partial charge in [-0.25, -0.2) is 0 Å². The van der Waals surface area contributed by atoms with Gasteiger partial charge in [-0.05, 0) is 36.8 Å². The van der Waals surface area contributed by atoms with Gasteiger partial charge in [-0.15, -0.1) is 0 Å². The molecule has 2 amide bonds. The monoisotopic (exact) mass is 430 g/mol. The summed E-state index contributed by atoms with van der Waals surface area (Å²) in [4.78, 5) is 32.3. The molecule has 32 heavy (non-hydrogen) atoms. The molecule has 2 aromatic rings. The fraction of sp³-hybridized carbons (Fsp3) is 0.250. The van der Waals surface area contributed by atoms with Crippen LogP contribution in [0.1, 0.15) is 12.1 Å². The molecule has 0 spiro atoms. The van der Waals surface area contributed by atoms with Gasteiger partial charge in [0.15, 0.2) is 0 Å². The van der Waals surface area contributed by atoms with Gasteiger partial charge in [0.05, 0.1) is 24.0 Å². The fourth-order valence-corrected chi connectivity index (χ4v) is 3.56. The summed E-state index contributed by atoms with van der Waals surface area (Å²) in [6.07, 6.45) is 3.55. The smallest absolute Gasteiger partial charge is 0.270 e. The second kappa shape index (κ2) is 10.3. The largest absolute Gasteiger partial charge is 0.394 e. The summed E-state index contributed by atoms with van der Waals surface area (Å²) in [5.74, 6) is -0.865. The zero-order valence-electron chi connectivity index (χ0n) is 17.9. The molecule has 1 aliphatic rings. The van der Waals surface area contributed by atoms with Gasteiger partial charge in [0.2, 0.25) is 5.91 Å². The standard InChI is InChI=1S/C24H26N6O2/c1-17(28-19-8-4-3-5-9-19)18-12-21(14-25)30(15-18)23(31)16-29(2)24(32)22(26)13-20-10-6-7-11-27-20/h3-11,13,18,21,28H,1,12,15-16,26H2,2H3. The van der Waals surface area contributed by atoms with Crippen LogP contribution in [-0.2, 0) is 9.59 Å². The highest BCUT2D eigenvalue weighted by Crippen LogP contribution is 2.29. The van der Waals surface area contributed by atoms with E-state index < -0.39 is 11.9 Å². The number of benzene rings is 1. The minimum Gasteiger partial charge on any atom is -0.394 e. The van der Waals surface area contributed by atoms with Crippen LogP contribution in [0.5, 0.6) is 0 Å². The van der Waals surface area contributed by atoms with Crippen LogP contribution in [0.2, 0.25) is 0 Å². The number of rotatable bonds is 7. The first-order chi connectivity index (χ1) is 15.4. The molecule has 3 N–H and O–H groups in total. The molecule has 8 heteroatoms. The molecular formula is C24H26N6O2. The van der Waals surface area contributed by atoms with E-state index in [1.54, 1.807) is 24.4 Å². The quantitative estimate of drug-likeness (QED) is 0.651. The van der Waals surface area contributed by atoms with Crippen LogP contribution < -0.4 is 11.1 Å². The van der Waals surface area contributed by atoms with E-state index in [-0.39, 0.29) is 24.1 Å². The number of hydrogen-bond acceptors (Lipinski definition) is 6. The Morgan fingerprint density at radius 1 is 1.31 bits per heavy atom. The highest BCUT2D eigenvalue weighted by atomic mass is 16.2.